The third kappa shape index (κ3) is 1.95. The fourth-order valence-corrected chi connectivity index (χ4v) is 3.65. The van der Waals surface area contributed by atoms with Crippen LogP contribution in [0.5, 0.6) is 0 Å². The number of H-pyrrole nitrogens is 1. The van der Waals surface area contributed by atoms with Crippen LogP contribution in [0.25, 0.3) is 10.9 Å². The number of rotatable bonds is 1. The van der Waals surface area contributed by atoms with E-state index in [-0.39, 0.29) is 0 Å². The van der Waals surface area contributed by atoms with E-state index in [4.69, 9.17) is 11.6 Å². The Morgan fingerprint density at radius 2 is 2.11 bits per heavy atom. The largest absolute Gasteiger partial charge is 0.361 e. The van der Waals surface area contributed by atoms with Crippen LogP contribution in [0.15, 0.2) is 24.4 Å². The van der Waals surface area contributed by atoms with E-state index in [2.05, 4.69) is 37.2 Å². The van der Waals surface area contributed by atoms with Crippen LogP contribution >= 0.6 is 11.6 Å². The highest BCUT2D eigenvalue weighted by molar-refractivity contribution is 6.31. The first-order valence-corrected chi connectivity index (χ1v) is 7.22. The minimum absolute atomic E-state index is 0.399. The molecule has 1 fully saturated rings. The second kappa shape index (κ2) is 4.31. The standard InChI is InChI=1S/C16H20ClN/c1-16(2)8-4-3-5-14(16)13-10-18-15-7-6-11(17)9-12(13)15/h6-7,9-10,14,18H,3-5,8H2,1-2H3. The van der Waals surface area contributed by atoms with Crippen LogP contribution in [-0.2, 0) is 0 Å². The van der Waals surface area contributed by atoms with Gasteiger partial charge in [-0.05, 0) is 47.9 Å². The fourth-order valence-electron chi connectivity index (χ4n) is 3.47. The third-order valence-corrected chi connectivity index (χ3v) is 4.79. The topological polar surface area (TPSA) is 15.8 Å². The van der Waals surface area contributed by atoms with Crippen molar-refractivity contribution in [1.29, 1.82) is 0 Å². The molecule has 1 unspecified atom stereocenters. The van der Waals surface area contributed by atoms with E-state index in [1.165, 1.54) is 42.1 Å². The monoisotopic (exact) mass is 261 g/mol. The number of hydrogen-bond donors (Lipinski definition) is 1. The molecule has 0 aliphatic heterocycles. The highest BCUT2D eigenvalue weighted by Gasteiger charge is 2.34. The number of fused-ring (bicyclic) bond motifs is 1. The van der Waals surface area contributed by atoms with Crippen LogP contribution in [0.2, 0.25) is 5.02 Å². The molecule has 3 rings (SSSR count). The average molecular weight is 262 g/mol. The smallest absolute Gasteiger partial charge is 0.0457 e. The molecule has 1 saturated carbocycles. The molecule has 18 heavy (non-hydrogen) atoms. The van der Waals surface area contributed by atoms with Crippen molar-refractivity contribution >= 4 is 22.5 Å². The van der Waals surface area contributed by atoms with E-state index in [0.717, 1.165) is 5.02 Å². The number of benzene rings is 1. The Balaban J connectivity index is 2.10. The summed E-state index contributed by atoms with van der Waals surface area (Å²) in [4.78, 5) is 3.39. The lowest BCUT2D eigenvalue weighted by molar-refractivity contribution is 0.201. The molecule has 0 spiro atoms. The number of halogens is 1. The first-order valence-electron chi connectivity index (χ1n) is 6.84. The molecule has 2 heteroatoms. The molecular formula is C16H20ClN. The van der Waals surface area contributed by atoms with Crippen molar-refractivity contribution in [2.75, 3.05) is 0 Å². The van der Waals surface area contributed by atoms with Crippen LogP contribution in [0.3, 0.4) is 0 Å². The molecule has 1 aromatic heterocycles. The van der Waals surface area contributed by atoms with Gasteiger partial charge in [0.15, 0.2) is 0 Å². The lowest BCUT2D eigenvalue weighted by Crippen LogP contribution is -2.25. The predicted molar refractivity (Wildman–Crippen MR) is 78.3 cm³/mol. The first-order chi connectivity index (χ1) is 8.58. The Morgan fingerprint density at radius 1 is 1.28 bits per heavy atom. The zero-order valence-electron chi connectivity index (χ0n) is 11.1. The van der Waals surface area contributed by atoms with Gasteiger partial charge in [0.05, 0.1) is 0 Å². The van der Waals surface area contributed by atoms with Gasteiger partial charge < -0.3 is 4.98 Å². The summed E-state index contributed by atoms with van der Waals surface area (Å²) in [5, 5.41) is 2.14. The molecule has 1 atom stereocenters. The van der Waals surface area contributed by atoms with Gasteiger partial charge in [0.2, 0.25) is 0 Å². The highest BCUT2D eigenvalue weighted by atomic mass is 35.5. The second-order valence-corrected chi connectivity index (χ2v) is 6.66. The van der Waals surface area contributed by atoms with Crippen LogP contribution < -0.4 is 0 Å². The van der Waals surface area contributed by atoms with E-state index in [1.54, 1.807) is 0 Å². The Morgan fingerprint density at radius 3 is 2.89 bits per heavy atom. The molecule has 1 aromatic carbocycles. The molecule has 1 heterocycles. The summed E-state index contributed by atoms with van der Waals surface area (Å²) >= 11 is 6.14. The highest BCUT2D eigenvalue weighted by Crippen LogP contribution is 2.48. The van der Waals surface area contributed by atoms with E-state index >= 15 is 0 Å². The van der Waals surface area contributed by atoms with Crippen LogP contribution in [-0.4, -0.2) is 4.98 Å². The van der Waals surface area contributed by atoms with Crippen molar-refractivity contribution in [3.8, 4) is 0 Å². The zero-order valence-corrected chi connectivity index (χ0v) is 11.8. The van der Waals surface area contributed by atoms with Crippen molar-refractivity contribution in [2.45, 2.75) is 45.4 Å². The minimum Gasteiger partial charge on any atom is -0.361 e. The molecule has 0 saturated heterocycles. The maximum Gasteiger partial charge on any atom is 0.0457 e. The van der Waals surface area contributed by atoms with Gasteiger partial charge >= 0.3 is 0 Å². The Hall–Kier alpha value is -0.950. The van der Waals surface area contributed by atoms with Crippen molar-refractivity contribution in [3.63, 3.8) is 0 Å². The Kier molecular flexibility index (Phi) is 2.90. The van der Waals surface area contributed by atoms with E-state index < -0.39 is 0 Å². The summed E-state index contributed by atoms with van der Waals surface area (Å²) in [5.74, 6) is 0.651. The van der Waals surface area contributed by atoms with E-state index in [9.17, 15) is 0 Å². The van der Waals surface area contributed by atoms with Crippen molar-refractivity contribution in [1.82, 2.24) is 4.98 Å². The Bertz CT molecular complexity index is 567. The van der Waals surface area contributed by atoms with Crippen LogP contribution in [0.1, 0.15) is 51.0 Å². The van der Waals surface area contributed by atoms with Crippen LogP contribution in [0.4, 0.5) is 0 Å². The quantitative estimate of drug-likeness (QED) is 0.697. The molecule has 0 radical (unpaired) electrons. The van der Waals surface area contributed by atoms with Gasteiger partial charge in [-0.15, -0.1) is 0 Å². The van der Waals surface area contributed by atoms with E-state index in [1.807, 2.05) is 6.07 Å². The molecule has 0 amide bonds. The lowest BCUT2D eigenvalue weighted by atomic mass is 9.66. The number of aromatic amines is 1. The lowest BCUT2D eigenvalue weighted by Gasteiger charge is -2.38. The van der Waals surface area contributed by atoms with Gasteiger partial charge in [-0.25, -0.2) is 0 Å². The fraction of sp³-hybridized carbons (Fsp3) is 0.500. The normalized spacial score (nSPS) is 23.4. The summed E-state index contributed by atoms with van der Waals surface area (Å²) in [6, 6.07) is 6.14. The average Bonchev–Trinajstić information content (AvgIpc) is 2.71. The summed E-state index contributed by atoms with van der Waals surface area (Å²) in [5.41, 5.74) is 3.06. The summed E-state index contributed by atoms with van der Waals surface area (Å²) in [6.45, 7) is 4.81. The van der Waals surface area contributed by atoms with Crippen molar-refractivity contribution in [2.24, 2.45) is 5.41 Å². The minimum atomic E-state index is 0.399. The summed E-state index contributed by atoms with van der Waals surface area (Å²) < 4.78 is 0. The maximum atomic E-state index is 6.14. The molecule has 1 N–H and O–H groups in total. The predicted octanol–water partition coefficient (Wildman–Crippen LogP) is 5.51. The molecule has 96 valence electrons. The molecular weight excluding hydrogens is 242 g/mol. The van der Waals surface area contributed by atoms with Crippen LogP contribution in [0, 0.1) is 5.41 Å². The number of hydrogen-bond acceptors (Lipinski definition) is 0. The second-order valence-electron chi connectivity index (χ2n) is 6.22. The van der Waals surface area contributed by atoms with Gasteiger partial charge in [-0.3, -0.25) is 0 Å². The van der Waals surface area contributed by atoms with Gasteiger partial charge in [0.1, 0.15) is 0 Å². The van der Waals surface area contributed by atoms with Gasteiger partial charge in [-0.1, -0.05) is 38.3 Å². The Labute approximate surface area is 114 Å². The van der Waals surface area contributed by atoms with Gasteiger partial charge in [-0.2, -0.15) is 0 Å². The van der Waals surface area contributed by atoms with E-state index in [0.29, 0.717) is 11.3 Å². The number of aromatic nitrogens is 1. The van der Waals surface area contributed by atoms with Crippen molar-refractivity contribution in [3.05, 3.63) is 35.0 Å². The maximum absolute atomic E-state index is 6.14. The van der Waals surface area contributed by atoms with Crippen molar-refractivity contribution < 1.29 is 0 Å². The molecule has 2 aromatic rings. The molecule has 1 aliphatic rings. The molecule has 1 aliphatic carbocycles. The molecule has 1 nitrogen and oxygen atoms in total. The summed E-state index contributed by atoms with van der Waals surface area (Å²) in [6.07, 6.45) is 7.53. The summed E-state index contributed by atoms with van der Waals surface area (Å²) in [7, 11) is 0. The SMILES string of the molecule is CC1(C)CCCCC1c1c[nH]c2ccc(Cl)cc12. The molecule has 0 bridgehead atoms. The van der Waals surface area contributed by atoms with Gasteiger partial charge in [0.25, 0.3) is 0 Å². The van der Waals surface area contributed by atoms with Gasteiger partial charge in [0, 0.05) is 22.1 Å². The number of nitrogens with one attached hydrogen (secondary N) is 1. The zero-order chi connectivity index (χ0) is 12.8. The first kappa shape index (κ1) is 12.1. The third-order valence-electron chi connectivity index (χ3n) is 4.56.